The largest absolute Gasteiger partial charge is 0.383 e. The van der Waals surface area contributed by atoms with Crippen LogP contribution in [0.3, 0.4) is 0 Å². The molecule has 1 aliphatic heterocycles. The first-order chi connectivity index (χ1) is 7.76. The number of nitrogens with two attached hydrogens (primary N) is 1. The zero-order chi connectivity index (χ0) is 11.5. The van der Waals surface area contributed by atoms with Crippen molar-refractivity contribution in [2.75, 3.05) is 12.3 Å². The molecule has 4 heteroatoms. The molecule has 2 N–H and O–H groups in total. The van der Waals surface area contributed by atoms with E-state index in [9.17, 15) is 0 Å². The Bertz CT molecular complexity index is 433. The summed E-state index contributed by atoms with van der Waals surface area (Å²) < 4.78 is 0. The van der Waals surface area contributed by atoms with Gasteiger partial charge in [-0.05, 0) is 24.1 Å². The van der Waals surface area contributed by atoms with E-state index in [4.69, 9.17) is 11.0 Å². The van der Waals surface area contributed by atoms with Gasteiger partial charge in [0.15, 0.2) is 0 Å². The maximum absolute atomic E-state index is 9.06. The molecule has 2 rings (SSSR count). The molecule has 0 amide bonds. The fourth-order valence-electron chi connectivity index (χ4n) is 2.11. The lowest BCUT2D eigenvalue weighted by atomic mass is 10.1. The van der Waals surface area contributed by atoms with Crippen molar-refractivity contribution in [1.29, 1.82) is 5.26 Å². The second kappa shape index (κ2) is 4.50. The number of rotatable bonds is 3. The molecule has 4 nitrogen and oxygen atoms in total. The standard InChI is InChI=1S/C12H16N4/c1-2-3-4-16-7-9-6-15-12(14)10(5-13)11(9)8-16/h6H,2-4,7-8H2,1H3,(H2,14,15). The normalized spacial score (nSPS) is 14.8. The van der Waals surface area contributed by atoms with Crippen molar-refractivity contribution in [3.63, 3.8) is 0 Å². The first-order valence-corrected chi connectivity index (χ1v) is 5.65. The number of unbranched alkanes of at least 4 members (excludes halogenated alkanes) is 1. The first kappa shape index (κ1) is 10.9. The lowest BCUT2D eigenvalue weighted by Crippen LogP contribution is -2.17. The minimum atomic E-state index is 0.360. The van der Waals surface area contributed by atoms with Crippen molar-refractivity contribution < 1.29 is 0 Å². The Labute approximate surface area is 95.7 Å². The summed E-state index contributed by atoms with van der Waals surface area (Å²) in [4.78, 5) is 6.41. The Morgan fingerprint density at radius 2 is 2.38 bits per heavy atom. The van der Waals surface area contributed by atoms with Crippen LogP contribution in [0, 0.1) is 11.3 Å². The van der Waals surface area contributed by atoms with Gasteiger partial charge in [-0.3, -0.25) is 4.90 Å². The fourth-order valence-corrected chi connectivity index (χ4v) is 2.11. The molecule has 0 saturated heterocycles. The molecule has 84 valence electrons. The molecular weight excluding hydrogens is 200 g/mol. The fraction of sp³-hybridized carbons (Fsp3) is 0.500. The predicted octanol–water partition coefficient (Wildman–Crippen LogP) is 1.65. The number of nitriles is 1. The molecular formula is C12H16N4. The van der Waals surface area contributed by atoms with Crippen molar-refractivity contribution in [2.45, 2.75) is 32.9 Å². The van der Waals surface area contributed by atoms with E-state index >= 15 is 0 Å². The minimum absolute atomic E-state index is 0.360. The van der Waals surface area contributed by atoms with Gasteiger partial charge in [0.25, 0.3) is 0 Å². The lowest BCUT2D eigenvalue weighted by molar-refractivity contribution is 0.279. The number of anilines is 1. The van der Waals surface area contributed by atoms with Gasteiger partial charge in [-0.2, -0.15) is 5.26 Å². The Morgan fingerprint density at radius 1 is 1.56 bits per heavy atom. The smallest absolute Gasteiger partial charge is 0.141 e. The molecule has 16 heavy (non-hydrogen) atoms. The second-order valence-corrected chi connectivity index (χ2v) is 4.20. The molecule has 0 unspecified atom stereocenters. The maximum Gasteiger partial charge on any atom is 0.141 e. The van der Waals surface area contributed by atoms with Crippen molar-refractivity contribution in [1.82, 2.24) is 9.88 Å². The van der Waals surface area contributed by atoms with E-state index in [0.29, 0.717) is 11.4 Å². The van der Waals surface area contributed by atoms with Crippen LogP contribution < -0.4 is 5.73 Å². The van der Waals surface area contributed by atoms with Crippen molar-refractivity contribution in [3.05, 3.63) is 22.9 Å². The average Bonchev–Trinajstić information content (AvgIpc) is 2.69. The highest BCUT2D eigenvalue weighted by Gasteiger charge is 2.23. The number of pyridine rings is 1. The first-order valence-electron chi connectivity index (χ1n) is 5.65. The van der Waals surface area contributed by atoms with E-state index in [1.54, 1.807) is 6.20 Å². The summed E-state index contributed by atoms with van der Waals surface area (Å²) in [5.74, 6) is 0.360. The molecule has 0 aromatic carbocycles. The van der Waals surface area contributed by atoms with E-state index in [1.165, 1.54) is 12.8 Å². The Balaban J connectivity index is 2.21. The second-order valence-electron chi connectivity index (χ2n) is 4.20. The Hall–Kier alpha value is -1.60. The number of nitrogen functional groups attached to an aromatic ring is 1. The molecule has 1 aromatic heterocycles. The summed E-state index contributed by atoms with van der Waals surface area (Å²) in [6, 6.07) is 2.16. The average molecular weight is 216 g/mol. The van der Waals surface area contributed by atoms with Gasteiger partial charge in [0.2, 0.25) is 0 Å². The summed E-state index contributed by atoms with van der Waals surface area (Å²) in [6.07, 6.45) is 4.19. The maximum atomic E-state index is 9.06. The summed E-state index contributed by atoms with van der Waals surface area (Å²) >= 11 is 0. The molecule has 2 heterocycles. The van der Waals surface area contributed by atoms with Crippen LogP contribution in [-0.4, -0.2) is 16.4 Å². The van der Waals surface area contributed by atoms with E-state index in [0.717, 1.165) is 30.8 Å². The van der Waals surface area contributed by atoms with Gasteiger partial charge in [0.1, 0.15) is 11.9 Å². The zero-order valence-corrected chi connectivity index (χ0v) is 9.53. The van der Waals surface area contributed by atoms with Crippen molar-refractivity contribution in [2.24, 2.45) is 0 Å². The highest BCUT2D eigenvalue weighted by atomic mass is 15.1. The molecule has 0 radical (unpaired) electrons. The summed E-state index contributed by atoms with van der Waals surface area (Å²) in [5, 5.41) is 9.06. The molecule has 0 fully saturated rings. The van der Waals surface area contributed by atoms with E-state index in [2.05, 4.69) is 22.9 Å². The molecule has 1 aliphatic rings. The van der Waals surface area contributed by atoms with E-state index in [1.807, 2.05) is 0 Å². The molecule has 1 aromatic rings. The van der Waals surface area contributed by atoms with Crippen LogP contribution in [0.1, 0.15) is 36.5 Å². The highest BCUT2D eigenvalue weighted by molar-refractivity contribution is 5.56. The monoisotopic (exact) mass is 216 g/mol. The van der Waals surface area contributed by atoms with Crippen LogP contribution in [0.4, 0.5) is 5.82 Å². The number of aromatic nitrogens is 1. The van der Waals surface area contributed by atoms with Crippen LogP contribution in [0.15, 0.2) is 6.20 Å². The molecule has 0 aliphatic carbocycles. The van der Waals surface area contributed by atoms with Crippen LogP contribution in [0.5, 0.6) is 0 Å². The third-order valence-corrected chi connectivity index (χ3v) is 3.02. The molecule has 0 spiro atoms. The van der Waals surface area contributed by atoms with Crippen LogP contribution in [-0.2, 0) is 13.1 Å². The quantitative estimate of drug-likeness (QED) is 0.834. The third-order valence-electron chi connectivity index (χ3n) is 3.02. The number of hydrogen-bond donors (Lipinski definition) is 1. The zero-order valence-electron chi connectivity index (χ0n) is 9.53. The molecule has 0 saturated carbocycles. The Morgan fingerprint density at radius 3 is 3.06 bits per heavy atom. The SMILES string of the molecule is CCCCN1Cc2cnc(N)c(C#N)c2C1. The van der Waals surface area contributed by atoms with Crippen LogP contribution in [0.25, 0.3) is 0 Å². The minimum Gasteiger partial charge on any atom is -0.383 e. The van der Waals surface area contributed by atoms with Gasteiger partial charge in [-0.1, -0.05) is 13.3 Å². The number of hydrogen-bond acceptors (Lipinski definition) is 4. The molecule has 0 atom stereocenters. The summed E-state index contributed by atoms with van der Waals surface area (Å²) in [5.41, 5.74) is 8.49. The number of fused-ring (bicyclic) bond motifs is 1. The van der Waals surface area contributed by atoms with Gasteiger partial charge in [-0.15, -0.1) is 0 Å². The van der Waals surface area contributed by atoms with E-state index < -0.39 is 0 Å². The number of nitrogens with zero attached hydrogens (tertiary/aromatic N) is 3. The van der Waals surface area contributed by atoms with Gasteiger partial charge < -0.3 is 5.73 Å². The van der Waals surface area contributed by atoms with Crippen molar-refractivity contribution in [3.8, 4) is 6.07 Å². The summed E-state index contributed by atoms with van der Waals surface area (Å²) in [6.45, 7) is 5.00. The van der Waals surface area contributed by atoms with Crippen LogP contribution in [0.2, 0.25) is 0 Å². The predicted molar refractivity (Wildman–Crippen MR) is 62.4 cm³/mol. The Kier molecular flexibility index (Phi) is 3.07. The van der Waals surface area contributed by atoms with Crippen molar-refractivity contribution >= 4 is 5.82 Å². The highest BCUT2D eigenvalue weighted by Crippen LogP contribution is 2.27. The van der Waals surface area contributed by atoms with Crippen LogP contribution >= 0.6 is 0 Å². The summed E-state index contributed by atoms with van der Waals surface area (Å²) in [7, 11) is 0. The van der Waals surface area contributed by atoms with Gasteiger partial charge in [0, 0.05) is 19.3 Å². The third kappa shape index (κ3) is 1.86. The molecule has 0 bridgehead atoms. The van der Waals surface area contributed by atoms with Gasteiger partial charge in [-0.25, -0.2) is 4.98 Å². The van der Waals surface area contributed by atoms with E-state index in [-0.39, 0.29) is 0 Å². The van der Waals surface area contributed by atoms with Gasteiger partial charge >= 0.3 is 0 Å². The lowest BCUT2D eigenvalue weighted by Gasteiger charge is -2.13. The topological polar surface area (TPSA) is 65.9 Å². The van der Waals surface area contributed by atoms with Gasteiger partial charge in [0.05, 0.1) is 5.56 Å².